The maximum Gasteiger partial charge on any atom is 0.488 e. The predicted molar refractivity (Wildman–Crippen MR) is 76.5 cm³/mol. The van der Waals surface area contributed by atoms with Crippen LogP contribution in [0.5, 0.6) is 0 Å². The average molecular weight is 270 g/mol. The van der Waals surface area contributed by atoms with Crippen LogP contribution >= 0.6 is 0 Å². The van der Waals surface area contributed by atoms with E-state index in [1.165, 1.54) is 0 Å². The summed E-state index contributed by atoms with van der Waals surface area (Å²) in [6.45, 7) is 0. The molecule has 0 saturated carbocycles. The van der Waals surface area contributed by atoms with Crippen LogP contribution < -0.4 is 5.46 Å². The molecular weight excluding hydrogens is 255 g/mol. The van der Waals surface area contributed by atoms with Crippen molar-refractivity contribution < 1.29 is 19.5 Å². The Hall–Kier alpha value is -1.66. The largest absolute Gasteiger partial charge is 0.488 e. The summed E-state index contributed by atoms with van der Waals surface area (Å²) in [6.07, 6.45) is 0. The third kappa shape index (κ3) is 1.65. The summed E-state index contributed by atoms with van der Waals surface area (Å²) in [6, 6.07) is 13.1. The molecule has 5 heteroatoms. The smallest absolute Gasteiger partial charge is 0.423 e. The van der Waals surface area contributed by atoms with Crippen molar-refractivity contribution in [3.63, 3.8) is 0 Å². The summed E-state index contributed by atoms with van der Waals surface area (Å²) in [5.74, 6) is -1.00. The van der Waals surface area contributed by atoms with Gasteiger partial charge in [-0.15, -0.1) is 0 Å². The van der Waals surface area contributed by atoms with Crippen molar-refractivity contribution in [1.82, 2.24) is 0 Å². The van der Waals surface area contributed by atoms with Crippen LogP contribution in [0.1, 0.15) is 11.1 Å². The molecule has 0 aromatic heterocycles. The first-order valence-corrected chi connectivity index (χ1v) is 6.35. The van der Waals surface area contributed by atoms with Crippen molar-refractivity contribution in [1.29, 1.82) is 0 Å². The maximum absolute atomic E-state index is 9.36. The number of ether oxygens (including phenoxy) is 2. The van der Waals surface area contributed by atoms with Crippen LogP contribution in [-0.4, -0.2) is 31.4 Å². The molecule has 0 bridgehead atoms. The molecule has 3 rings (SSSR count). The maximum atomic E-state index is 9.36. The fourth-order valence-electron chi connectivity index (χ4n) is 2.90. The molecule has 0 heterocycles. The van der Waals surface area contributed by atoms with Crippen molar-refractivity contribution in [2.45, 2.75) is 5.79 Å². The number of benzene rings is 2. The highest BCUT2D eigenvalue weighted by molar-refractivity contribution is 6.58. The average Bonchev–Trinajstić information content (AvgIpc) is 2.77. The Kier molecular flexibility index (Phi) is 3.14. The Morgan fingerprint density at radius 1 is 0.900 bits per heavy atom. The molecule has 0 atom stereocenters. The second kappa shape index (κ2) is 4.72. The minimum atomic E-state index is -1.52. The molecule has 1 aliphatic rings. The Labute approximate surface area is 117 Å². The van der Waals surface area contributed by atoms with E-state index in [-0.39, 0.29) is 0 Å². The zero-order valence-electron chi connectivity index (χ0n) is 11.3. The normalized spacial score (nSPS) is 14.8. The molecule has 2 aromatic rings. The molecule has 0 saturated heterocycles. The molecule has 0 aliphatic heterocycles. The van der Waals surface area contributed by atoms with Crippen LogP contribution in [-0.2, 0) is 15.3 Å². The molecule has 0 spiro atoms. The molecule has 20 heavy (non-hydrogen) atoms. The lowest BCUT2D eigenvalue weighted by Gasteiger charge is -2.28. The van der Waals surface area contributed by atoms with Crippen LogP contribution in [0.2, 0.25) is 0 Å². The molecule has 2 N–H and O–H groups in total. The van der Waals surface area contributed by atoms with E-state index in [1.807, 2.05) is 30.3 Å². The Bertz CT molecular complexity index is 650. The molecule has 0 fully saturated rings. The van der Waals surface area contributed by atoms with Gasteiger partial charge in [-0.05, 0) is 16.6 Å². The van der Waals surface area contributed by atoms with Crippen molar-refractivity contribution >= 4 is 12.6 Å². The van der Waals surface area contributed by atoms with Crippen LogP contribution in [0.4, 0.5) is 0 Å². The number of fused-ring (bicyclic) bond motifs is 3. The molecule has 1 aliphatic carbocycles. The lowest BCUT2D eigenvalue weighted by molar-refractivity contribution is -0.180. The standard InChI is InChI=1S/C15H15BO4/c1-19-15(20-2)13-6-4-3-5-11(13)12-8-7-10(16(17)18)9-14(12)15/h3-9,17-18H,1-2H3. The van der Waals surface area contributed by atoms with E-state index in [0.717, 1.165) is 22.3 Å². The van der Waals surface area contributed by atoms with E-state index in [2.05, 4.69) is 0 Å². The molecule has 102 valence electrons. The molecular formula is C15H15BO4. The van der Waals surface area contributed by atoms with Crippen LogP contribution in [0.3, 0.4) is 0 Å². The number of hydrogen-bond donors (Lipinski definition) is 2. The van der Waals surface area contributed by atoms with E-state index < -0.39 is 12.9 Å². The summed E-state index contributed by atoms with van der Waals surface area (Å²) in [4.78, 5) is 0. The third-order valence-electron chi connectivity index (χ3n) is 3.84. The topological polar surface area (TPSA) is 58.9 Å². The first kappa shape index (κ1) is 13.3. The van der Waals surface area contributed by atoms with Gasteiger partial charge in [-0.2, -0.15) is 0 Å². The van der Waals surface area contributed by atoms with Gasteiger partial charge in [-0.1, -0.05) is 42.5 Å². The summed E-state index contributed by atoms with van der Waals surface area (Å²) in [7, 11) is 1.64. The van der Waals surface area contributed by atoms with Gasteiger partial charge in [0.25, 0.3) is 0 Å². The number of hydrogen-bond acceptors (Lipinski definition) is 4. The van der Waals surface area contributed by atoms with Gasteiger partial charge < -0.3 is 19.5 Å². The summed E-state index contributed by atoms with van der Waals surface area (Å²) in [5.41, 5.74) is 4.13. The highest BCUT2D eigenvalue weighted by Crippen LogP contribution is 2.49. The number of methoxy groups -OCH3 is 2. The van der Waals surface area contributed by atoms with Gasteiger partial charge in [0.05, 0.1) is 0 Å². The van der Waals surface area contributed by atoms with Gasteiger partial charge >= 0.3 is 7.12 Å². The van der Waals surface area contributed by atoms with Crippen LogP contribution in [0, 0.1) is 0 Å². The highest BCUT2D eigenvalue weighted by Gasteiger charge is 2.44. The van der Waals surface area contributed by atoms with E-state index in [4.69, 9.17) is 9.47 Å². The minimum Gasteiger partial charge on any atom is -0.423 e. The molecule has 0 amide bonds. The Morgan fingerprint density at radius 3 is 2.20 bits per heavy atom. The zero-order valence-corrected chi connectivity index (χ0v) is 11.3. The minimum absolute atomic E-state index is 0.412. The van der Waals surface area contributed by atoms with E-state index >= 15 is 0 Å². The van der Waals surface area contributed by atoms with E-state index in [1.54, 1.807) is 26.4 Å². The van der Waals surface area contributed by atoms with Crippen molar-refractivity contribution in [3.05, 3.63) is 53.6 Å². The van der Waals surface area contributed by atoms with Gasteiger partial charge in [-0.25, -0.2) is 0 Å². The quantitative estimate of drug-likeness (QED) is 0.641. The first-order chi connectivity index (χ1) is 9.64. The van der Waals surface area contributed by atoms with Gasteiger partial charge in [0, 0.05) is 25.3 Å². The molecule has 2 aromatic carbocycles. The summed E-state index contributed by atoms with van der Waals surface area (Å²) < 4.78 is 11.3. The van der Waals surface area contributed by atoms with E-state index in [0.29, 0.717) is 5.46 Å². The summed E-state index contributed by atoms with van der Waals surface area (Å²) >= 11 is 0. The third-order valence-corrected chi connectivity index (χ3v) is 3.84. The van der Waals surface area contributed by atoms with Gasteiger partial charge in [0.2, 0.25) is 5.79 Å². The first-order valence-electron chi connectivity index (χ1n) is 6.35. The highest BCUT2D eigenvalue weighted by atomic mass is 16.7. The van der Waals surface area contributed by atoms with Gasteiger partial charge in [0.1, 0.15) is 0 Å². The Balaban J connectivity index is 2.31. The molecule has 4 nitrogen and oxygen atoms in total. The summed E-state index contributed by atoms with van der Waals surface area (Å²) in [5, 5.41) is 18.7. The van der Waals surface area contributed by atoms with Crippen LogP contribution in [0.15, 0.2) is 42.5 Å². The Morgan fingerprint density at radius 2 is 1.55 bits per heavy atom. The monoisotopic (exact) mass is 270 g/mol. The second-order valence-corrected chi connectivity index (χ2v) is 4.75. The SMILES string of the molecule is COC1(OC)c2ccccc2-c2ccc(B(O)O)cc21. The lowest BCUT2D eigenvalue weighted by Crippen LogP contribution is -2.34. The lowest BCUT2D eigenvalue weighted by atomic mass is 9.78. The molecule has 0 unspecified atom stereocenters. The van der Waals surface area contributed by atoms with Gasteiger partial charge in [0.15, 0.2) is 0 Å². The fraction of sp³-hybridized carbons (Fsp3) is 0.200. The molecule has 0 radical (unpaired) electrons. The van der Waals surface area contributed by atoms with Crippen molar-refractivity contribution in [3.8, 4) is 11.1 Å². The second-order valence-electron chi connectivity index (χ2n) is 4.75. The predicted octanol–water partition coefficient (Wildman–Crippen LogP) is 0.841. The van der Waals surface area contributed by atoms with Crippen molar-refractivity contribution in [2.75, 3.05) is 14.2 Å². The number of rotatable bonds is 3. The van der Waals surface area contributed by atoms with E-state index in [9.17, 15) is 10.0 Å². The fourth-order valence-corrected chi connectivity index (χ4v) is 2.90. The van der Waals surface area contributed by atoms with Crippen LogP contribution in [0.25, 0.3) is 11.1 Å². The van der Waals surface area contributed by atoms with Gasteiger partial charge in [-0.3, -0.25) is 0 Å². The zero-order chi connectivity index (χ0) is 14.3. The van der Waals surface area contributed by atoms with Crippen molar-refractivity contribution in [2.24, 2.45) is 0 Å².